The topological polar surface area (TPSA) is 113 Å². The second-order valence-corrected chi connectivity index (χ2v) is 10.6. The van der Waals surface area contributed by atoms with Crippen LogP contribution in [0.2, 0.25) is 5.02 Å². The minimum atomic E-state index is -0.451. The molecule has 0 bridgehead atoms. The summed E-state index contributed by atoms with van der Waals surface area (Å²) in [5.74, 6) is -0.425. The van der Waals surface area contributed by atoms with E-state index in [0.29, 0.717) is 46.7 Å². The van der Waals surface area contributed by atoms with Gasteiger partial charge in [-0.05, 0) is 57.1 Å². The van der Waals surface area contributed by atoms with E-state index in [2.05, 4.69) is 30.7 Å². The molecule has 1 aromatic carbocycles. The van der Waals surface area contributed by atoms with Gasteiger partial charge in [0.25, 0.3) is 0 Å². The second-order valence-electron chi connectivity index (χ2n) is 10.1. The van der Waals surface area contributed by atoms with Gasteiger partial charge < -0.3 is 15.4 Å². The number of anilines is 3. The summed E-state index contributed by atoms with van der Waals surface area (Å²) in [5.41, 5.74) is 2.48. The molecular formula is C28H31ClFN7O3. The van der Waals surface area contributed by atoms with E-state index in [4.69, 9.17) is 16.3 Å². The number of ether oxygens (including phenoxy) is 1. The first kappa shape index (κ1) is 27.9. The van der Waals surface area contributed by atoms with Crippen LogP contribution in [0.3, 0.4) is 0 Å². The zero-order chi connectivity index (χ0) is 28.2. The summed E-state index contributed by atoms with van der Waals surface area (Å²) in [7, 11) is 1.93. The molecule has 2 fully saturated rings. The molecule has 3 heterocycles. The van der Waals surface area contributed by atoms with Gasteiger partial charge in [0, 0.05) is 61.1 Å². The van der Waals surface area contributed by atoms with Crippen LogP contribution in [0.5, 0.6) is 0 Å². The van der Waals surface area contributed by atoms with Gasteiger partial charge in [0.15, 0.2) is 0 Å². The maximum absolute atomic E-state index is 14.4. The van der Waals surface area contributed by atoms with Crippen LogP contribution in [0.4, 0.5) is 21.6 Å². The highest BCUT2D eigenvalue weighted by Gasteiger charge is 2.35. The van der Waals surface area contributed by atoms with Gasteiger partial charge in [-0.3, -0.25) is 19.4 Å². The number of carbonyl (C=O) groups excluding carboxylic acids is 2. The highest BCUT2D eigenvalue weighted by atomic mass is 35.5. The highest BCUT2D eigenvalue weighted by Crippen LogP contribution is 2.29. The highest BCUT2D eigenvalue weighted by molar-refractivity contribution is 6.30. The molecule has 3 aromatic rings. The third kappa shape index (κ3) is 7.09. The summed E-state index contributed by atoms with van der Waals surface area (Å²) in [5, 5.41) is 14.7. The van der Waals surface area contributed by atoms with Crippen molar-refractivity contribution in [3.05, 3.63) is 59.1 Å². The lowest BCUT2D eigenvalue weighted by atomic mass is 10.1. The number of nitrogens with one attached hydrogen (secondary N) is 2. The molecule has 5 rings (SSSR count). The van der Waals surface area contributed by atoms with Crippen LogP contribution in [0.1, 0.15) is 25.0 Å². The van der Waals surface area contributed by atoms with Crippen molar-refractivity contribution >= 4 is 40.7 Å². The summed E-state index contributed by atoms with van der Waals surface area (Å²) in [4.78, 5) is 33.6. The molecule has 1 aliphatic heterocycles. The molecular weight excluding hydrogens is 537 g/mol. The number of rotatable bonds is 9. The van der Waals surface area contributed by atoms with Crippen LogP contribution in [0.15, 0.2) is 42.6 Å². The number of esters is 1. The molecule has 1 saturated heterocycles. The van der Waals surface area contributed by atoms with E-state index in [1.165, 1.54) is 18.2 Å². The fraction of sp³-hybridized carbons (Fsp3) is 0.393. The molecule has 1 unspecified atom stereocenters. The number of carbonyl (C=O) groups is 2. The Morgan fingerprint density at radius 3 is 2.77 bits per heavy atom. The number of aromatic nitrogens is 3. The van der Waals surface area contributed by atoms with Crippen LogP contribution < -0.4 is 10.6 Å². The smallest absolute Gasteiger partial charge is 0.324 e. The number of piperazine rings is 1. The van der Waals surface area contributed by atoms with E-state index in [9.17, 15) is 14.0 Å². The summed E-state index contributed by atoms with van der Waals surface area (Å²) in [6.45, 7) is 4.35. The van der Waals surface area contributed by atoms with Crippen molar-refractivity contribution in [1.82, 2.24) is 25.0 Å². The average Bonchev–Trinajstić information content (AvgIpc) is 3.75. The van der Waals surface area contributed by atoms with E-state index in [-0.39, 0.29) is 36.0 Å². The zero-order valence-corrected chi connectivity index (χ0v) is 23.1. The van der Waals surface area contributed by atoms with Gasteiger partial charge in [-0.2, -0.15) is 10.2 Å². The molecule has 0 spiro atoms. The lowest BCUT2D eigenvalue weighted by Gasteiger charge is -2.37. The Hall–Kier alpha value is -3.67. The minimum Gasteiger partial charge on any atom is -0.461 e. The number of nitrogens with zero attached hydrogens (tertiary/aromatic N) is 5. The number of likely N-dealkylation sites (N-methyl/N-ethyl adjacent to an activating group) is 1. The number of hydrogen-bond donors (Lipinski definition) is 2. The van der Waals surface area contributed by atoms with Crippen molar-refractivity contribution in [2.45, 2.75) is 38.3 Å². The Labute approximate surface area is 236 Å². The van der Waals surface area contributed by atoms with Crippen LogP contribution in [-0.4, -0.2) is 82.2 Å². The number of pyridine rings is 1. The Bertz CT molecular complexity index is 1400. The van der Waals surface area contributed by atoms with Crippen molar-refractivity contribution < 1.29 is 18.7 Å². The molecule has 40 heavy (non-hydrogen) atoms. The van der Waals surface area contributed by atoms with Crippen molar-refractivity contribution in [3.8, 4) is 11.3 Å². The van der Waals surface area contributed by atoms with E-state index in [0.717, 1.165) is 25.9 Å². The van der Waals surface area contributed by atoms with Gasteiger partial charge in [0.05, 0.1) is 17.1 Å². The van der Waals surface area contributed by atoms with E-state index in [1.807, 2.05) is 11.9 Å². The summed E-state index contributed by atoms with van der Waals surface area (Å²) in [6.07, 6.45) is 3.80. The molecule has 12 heteroatoms. The van der Waals surface area contributed by atoms with Gasteiger partial charge in [0.1, 0.15) is 23.8 Å². The number of aryl methyl sites for hydroxylation is 1. The fourth-order valence-electron chi connectivity index (χ4n) is 4.42. The molecule has 2 aromatic heterocycles. The molecule has 1 aliphatic carbocycles. The molecule has 210 valence electrons. The quantitative estimate of drug-likeness (QED) is 0.370. The van der Waals surface area contributed by atoms with Gasteiger partial charge in [0.2, 0.25) is 5.91 Å². The Balaban J connectivity index is 1.17. The molecule has 1 saturated carbocycles. The monoisotopic (exact) mass is 567 g/mol. The number of hydrogen-bond acceptors (Lipinski definition) is 9. The van der Waals surface area contributed by atoms with Gasteiger partial charge >= 0.3 is 5.97 Å². The summed E-state index contributed by atoms with van der Waals surface area (Å²) < 4.78 is 19.9. The third-order valence-electron chi connectivity index (χ3n) is 6.96. The maximum atomic E-state index is 14.4. The van der Waals surface area contributed by atoms with Crippen LogP contribution in [0.25, 0.3) is 11.3 Å². The number of halogens is 2. The Morgan fingerprint density at radius 1 is 1.15 bits per heavy atom. The van der Waals surface area contributed by atoms with Crippen molar-refractivity contribution in [3.63, 3.8) is 0 Å². The zero-order valence-electron chi connectivity index (χ0n) is 22.4. The molecule has 0 radical (unpaired) electrons. The van der Waals surface area contributed by atoms with E-state index < -0.39 is 5.82 Å². The molecule has 2 aliphatic rings. The summed E-state index contributed by atoms with van der Waals surface area (Å²) in [6, 6.07) is 9.10. The van der Waals surface area contributed by atoms with E-state index in [1.54, 1.807) is 31.3 Å². The molecule has 10 nitrogen and oxygen atoms in total. The van der Waals surface area contributed by atoms with Crippen molar-refractivity contribution in [1.29, 1.82) is 0 Å². The largest absolute Gasteiger partial charge is 0.461 e. The van der Waals surface area contributed by atoms with Crippen molar-refractivity contribution in [2.24, 2.45) is 0 Å². The first-order valence-electron chi connectivity index (χ1n) is 13.2. The standard InChI is InChI=1S/C28H31ClFN7O3/c1-17-23(15-24(35-34-17)21-13-18(29)3-6-22(21)30)32-19-7-9-31-26(14-19)33-27(38)8-10-37-12-11-36(2)25(16-37)28(39)40-20-4-5-20/h3,6-7,9,13-15,20,25H,4-5,8,10-12,16H2,1-2H3,(H2,31,32,33,35,38). The first-order valence-corrected chi connectivity index (χ1v) is 13.6. The van der Waals surface area contributed by atoms with Gasteiger partial charge in [-0.1, -0.05) is 11.6 Å². The van der Waals surface area contributed by atoms with Crippen LogP contribution in [-0.2, 0) is 14.3 Å². The number of benzene rings is 1. The fourth-order valence-corrected chi connectivity index (χ4v) is 4.59. The maximum Gasteiger partial charge on any atom is 0.324 e. The lowest BCUT2D eigenvalue weighted by Crippen LogP contribution is -2.55. The normalized spacial score (nSPS) is 17.9. The molecule has 2 N–H and O–H groups in total. The van der Waals surface area contributed by atoms with Gasteiger partial charge in [-0.15, -0.1) is 0 Å². The second kappa shape index (κ2) is 12.2. The minimum absolute atomic E-state index is 0.0755. The molecule has 1 amide bonds. The Morgan fingerprint density at radius 2 is 1.98 bits per heavy atom. The van der Waals surface area contributed by atoms with E-state index >= 15 is 0 Å². The predicted octanol–water partition coefficient (Wildman–Crippen LogP) is 4.03. The predicted molar refractivity (Wildman–Crippen MR) is 150 cm³/mol. The number of amides is 1. The van der Waals surface area contributed by atoms with Crippen molar-refractivity contribution in [2.75, 3.05) is 43.9 Å². The Kier molecular flexibility index (Phi) is 8.53. The third-order valence-corrected chi connectivity index (χ3v) is 7.19. The average molecular weight is 568 g/mol. The van der Waals surface area contributed by atoms with Gasteiger partial charge in [-0.25, -0.2) is 9.37 Å². The van der Waals surface area contributed by atoms with Crippen LogP contribution >= 0.6 is 11.6 Å². The summed E-state index contributed by atoms with van der Waals surface area (Å²) >= 11 is 6.04. The first-order chi connectivity index (χ1) is 19.2. The molecule has 1 atom stereocenters. The lowest BCUT2D eigenvalue weighted by molar-refractivity contribution is -0.153. The van der Waals surface area contributed by atoms with Crippen LogP contribution in [0, 0.1) is 12.7 Å². The SMILES string of the molecule is Cc1nnc(-c2cc(Cl)ccc2F)cc1Nc1ccnc(NC(=O)CCN2CCN(C)C(C(=O)OC3CC3)C2)c1.